The van der Waals surface area contributed by atoms with Gasteiger partial charge in [-0.15, -0.1) is 0 Å². The molecule has 3 nitrogen and oxygen atoms in total. The van der Waals surface area contributed by atoms with Crippen LogP contribution in [0.3, 0.4) is 0 Å². The third-order valence-corrected chi connectivity index (χ3v) is 5.96. The van der Waals surface area contributed by atoms with E-state index >= 15 is 0 Å². The van der Waals surface area contributed by atoms with Crippen molar-refractivity contribution in [2.45, 2.75) is 62.6 Å². The van der Waals surface area contributed by atoms with Crippen molar-refractivity contribution in [1.29, 1.82) is 0 Å². The van der Waals surface area contributed by atoms with Crippen LogP contribution in [0.2, 0.25) is 0 Å². The highest BCUT2D eigenvalue weighted by Gasteiger charge is 2.72. The number of ether oxygens (including phenoxy) is 1. The fraction of sp³-hybridized carbons (Fsp3) is 0.933. The van der Waals surface area contributed by atoms with Gasteiger partial charge in [-0.2, -0.15) is 26.3 Å². The van der Waals surface area contributed by atoms with Gasteiger partial charge in [-0.1, -0.05) is 6.92 Å². The quantitative estimate of drug-likeness (QED) is 0.605. The zero-order valence-electron chi connectivity index (χ0n) is 12.9. The number of halogens is 6. The van der Waals surface area contributed by atoms with E-state index in [1.54, 1.807) is 6.92 Å². The number of esters is 1. The van der Waals surface area contributed by atoms with E-state index in [2.05, 4.69) is 0 Å². The zero-order chi connectivity index (χ0) is 18.1. The van der Waals surface area contributed by atoms with Crippen LogP contribution in [0.25, 0.3) is 0 Å². The van der Waals surface area contributed by atoms with Gasteiger partial charge in [0.2, 0.25) is 0 Å². The van der Waals surface area contributed by atoms with E-state index < -0.39 is 53.7 Å². The lowest BCUT2D eigenvalue weighted by Crippen LogP contribution is -2.58. The molecule has 1 N–H and O–H groups in total. The van der Waals surface area contributed by atoms with Gasteiger partial charge in [-0.25, -0.2) is 0 Å². The van der Waals surface area contributed by atoms with Crippen molar-refractivity contribution < 1.29 is 41.0 Å². The van der Waals surface area contributed by atoms with Crippen molar-refractivity contribution in [3.63, 3.8) is 0 Å². The Kier molecular flexibility index (Phi) is 3.72. The van der Waals surface area contributed by atoms with Gasteiger partial charge in [0.25, 0.3) is 5.60 Å². The maximum Gasteiger partial charge on any atom is 0.426 e. The smallest absolute Gasteiger partial charge is 0.426 e. The van der Waals surface area contributed by atoms with Gasteiger partial charge in [0.15, 0.2) is 0 Å². The topological polar surface area (TPSA) is 46.5 Å². The Balaban J connectivity index is 1.85. The first-order chi connectivity index (χ1) is 10.8. The molecule has 3 aliphatic rings. The lowest BCUT2D eigenvalue weighted by atomic mass is 9.70. The van der Waals surface area contributed by atoms with Gasteiger partial charge in [0.1, 0.15) is 5.60 Å². The molecular formula is C15H18F6O3. The fourth-order valence-electron chi connectivity index (χ4n) is 4.98. The minimum atomic E-state index is -5.81. The highest BCUT2D eigenvalue weighted by atomic mass is 19.4. The molecule has 1 heterocycles. The molecule has 5 unspecified atom stereocenters. The number of carbonyl (C=O) groups excluding carboxylic acids is 1. The number of aliphatic hydroxyl groups is 1. The molecule has 138 valence electrons. The summed E-state index contributed by atoms with van der Waals surface area (Å²) in [5.41, 5.74) is -5.69. The fourth-order valence-corrected chi connectivity index (χ4v) is 4.98. The summed E-state index contributed by atoms with van der Waals surface area (Å²) in [5.74, 6) is -2.47. The minimum absolute atomic E-state index is 0.0659. The number of hydrogen-bond donors (Lipinski definition) is 1. The number of alkyl halides is 6. The predicted molar refractivity (Wildman–Crippen MR) is 68.6 cm³/mol. The summed E-state index contributed by atoms with van der Waals surface area (Å²) in [5, 5.41) is 9.45. The number of carbonyl (C=O) groups is 1. The molecule has 0 aromatic rings. The Hall–Kier alpha value is -0.990. The molecule has 24 heavy (non-hydrogen) atoms. The van der Waals surface area contributed by atoms with E-state index in [-0.39, 0.29) is 12.3 Å². The highest BCUT2D eigenvalue weighted by molar-refractivity contribution is 5.75. The Labute approximate surface area is 134 Å². The van der Waals surface area contributed by atoms with Crippen molar-refractivity contribution in [3.8, 4) is 0 Å². The van der Waals surface area contributed by atoms with Crippen LogP contribution in [0.15, 0.2) is 0 Å². The molecule has 0 amide bonds. The third-order valence-electron chi connectivity index (χ3n) is 5.96. The average Bonchev–Trinajstić information content (AvgIpc) is 3.00. The van der Waals surface area contributed by atoms with Crippen LogP contribution in [-0.2, 0) is 9.53 Å². The van der Waals surface area contributed by atoms with E-state index in [1.807, 2.05) is 0 Å². The maximum absolute atomic E-state index is 12.9. The van der Waals surface area contributed by atoms with Crippen LogP contribution in [0.4, 0.5) is 26.3 Å². The summed E-state index contributed by atoms with van der Waals surface area (Å²) in [7, 11) is 0. The SMILES string of the molecule is CC1CC2(CC3CC(CC(O)(C(F)(F)F)C(F)(F)F)C2C3)OC1=O. The number of fused-ring (bicyclic) bond motifs is 3. The van der Waals surface area contributed by atoms with Crippen LogP contribution < -0.4 is 0 Å². The van der Waals surface area contributed by atoms with Crippen LogP contribution >= 0.6 is 0 Å². The van der Waals surface area contributed by atoms with Gasteiger partial charge < -0.3 is 9.84 Å². The molecule has 2 bridgehead atoms. The van der Waals surface area contributed by atoms with Gasteiger partial charge in [0, 0.05) is 12.3 Å². The monoisotopic (exact) mass is 360 g/mol. The van der Waals surface area contributed by atoms with E-state index in [9.17, 15) is 36.2 Å². The molecule has 1 saturated heterocycles. The molecule has 2 aliphatic carbocycles. The second kappa shape index (κ2) is 5.02. The van der Waals surface area contributed by atoms with Crippen molar-refractivity contribution in [1.82, 2.24) is 0 Å². The molecule has 3 rings (SSSR count). The molecule has 0 aromatic carbocycles. The largest absolute Gasteiger partial charge is 0.459 e. The van der Waals surface area contributed by atoms with Gasteiger partial charge >= 0.3 is 18.3 Å². The van der Waals surface area contributed by atoms with Crippen LogP contribution in [-0.4, -0.2) is 34.6 Å². The molecule has 1 spiro atoms. The summed E-state index contributed by atoms with van der Waals surface area (Å²) in [6, 6.07) is 0. The van der Waals surface area contributed by atoms with Gasteiger partial charge in [-0.05, 0) is 37.5 Å². The summed E-state index contributed by atoms with van der Waals surface area (Å²) < 4.78 is 83.0. The molecule has 0 aromatic heterocycles. The van der Waals surface area contributed by atoms with Crippen LogP contribution in [0.5, 0.6) is 0 Å². The summed E-state index contributed by atoms with van der Waals surface area (Å²) >= 11 is 0. The first kappa shape index (κ1) is 17.8. The first-order valence-corrected chi connectivity index (χ1v) is 7.88. The molecular weight excluding hydrogens is 342 g/mol. The summed E-state index contributed by atoms with van der Waals surface area (Å²) in [6.45, 7) is 1.64. The predicted octanol–water partition coefficient (Wildman–Crippen LogP) is 3.60. The molecule has 2 saturated carbocycles. The Bertz CT molecular complexity index is 528. The van der Waals surface area contributed by atoms with E-state index in [4.69, 9.17) is 4.74 Å². The van der Waals surface area contributed by atoms with E-state index in [0.29, 0.717) is 19.3 Å². The molecule has 1 aliphatic heterocycles. The molecule has 0 radical (unpaired) electrons. The minimum Gasteiger partial charge on any atom is -0.459 e. The van der Waals surface area contributed by atoms with Crippen molar-refractivity contribution >= 4 is 5.97 Å². The summed E-state index contributed by atoms with van der Waals surface area (Å²) in [4.78, 5) is 11.7. The molecule has 5 atom stereocenters. The number of rotatable bonds is 2. The van der Waals surface area contributed by atoms with E-state index in [1.165, 1.54) is 0 Å². The first-order valence-electron chi connectivity index (χ1n) is 7.88. The Morgan fingerprint density at radius 1 is 1.12 bits per heavy atom. The standard InChI is InChI=1S/C15H18F6O3/c1-7-4-12(24-11(7)22)5-8-2-9(10(12)3-8)6-13(23,14(16,17)18)15(19,20)21/h7-10,23H,2-6H2,1H3. The second-order valence-corrected chi connectivity index (χ2v) is 7.56. The van der Waals surface area contributed by atoms with Crippen molar-refractivity contribution in [2.24, 2.45) is 23.7 Å². The second-order valence-electron chi connectivity index (χ2n) is 7.56. The van der Waals surface area contributed by atoms with Crippen LogP contribution in [0.1, 0.15) is 39.0 Å². The lowest BCUT2D eigenvalue weighted by Gasteiger charge is -2.41. The Morgan fingerprint density at radius 3 is 2.12 bits per heavy atom. The maximum atomic E-state index is 12.9. The van der Waals surface area contributed by atoms with Crippen molar-refractivity contribution in [3.05, 3.63) is 0 Å². The number of hydrogen-bond acceptors (Lipinski definition) is 3. The third kappa shape index (κ3) is 2.42. The molecule has 3 fully saturated rings. The Morgan fingerprint density at radius 2 is 1.71 bits per heavy atom. The van der Waals surface area contributed by atoms with Gasteiger partial charge in [-0.3, -0.25) is 4.79 Å². The highest BCUT2D eigenvalue weighted by Crippen LogP contribution is 2.62. The van der Waals surface area contributed by atoms with Crippen molar-refractivity contribution in [2.75, 3.05) is 0 Å². The normalized spacial score (nSPS) is 39.8. The lowest BCUT2D eigenvalue weighted by molar-refractivity contribution is -0.374. The average molecular weight is 360 g/mol. The van der Waals surface area contributed by atoms with Crippen LogP contribution in [0, 0.1) is 23.7 Å². The molecule has 9 heteroatoms. The summed E-state index contributed by atoms with van der Waals surface area (Å²) in [6.07, 6.45) is -11.6. The van der Waals surface area contributed by atoms with Gasteiger partial charge in [0.05, 0.1) is 5.92 Å². The zero-order valence-corrected chi connectivity index (χ0v) is 12.9. The van der Waals surface area contributed by atoms with E-state index in [0.717, 1.165) is 0 Å².